The van der Waals surface area contributed by atoms with Gasteiger partial charge in [0.05, 0.1) is 39.1 Å². The van der Waals surface area contributed by atoms with Crippen LogP contribution in [0.15, 0.2) is 91.0 Å². The summed E-state index contributed by atoms with van der Waals surface area (Å²) in [5.41, 5.74) is 3.01. The predicted molar refractivity (Wildman–Crippen MR) is 156 cm³/mol. The lowest BCUT2D eigenvalue weighted by Gasteiger charge is -2.46. The molecule has 0 aromatic heterocycles. The quantitative estimate of drug-likeness (QED) is 0.258. The summed E-state index contributed by atoms with van der Waals surface area (Å²) in [7, 11) is 0. The molecule has 1 heterocycles. The van der Waals surface area contributed by atoms with E-state index in [0.717, 1.165) is 21.6 Å². The van der Waals surface area contributed by atoms with Gasteiger partial charge in [-0.1, -0.05) is 103 Å². The zero-order chi connectivity index (χ0) is 28.2. The van der Waals surface area contributed by atoms with Crippen molar-refractivity contribution in [3.63, 3.8) is 0 Å². The van der Waals surface area contributed by atoms with E-state index in [2.05, 4.69) is 0 Å². The fraction of sp³-hybridized carbons (Fsp3) is 0.406. The molecule has 0 aliphatic carbocycles. The van der Waals surface area contributed by atoms with Crippen molar-refractivity contribution >= 4 is 17.1 Å². The molecule has 40 heavy (non-hydrogen) atoms. The molecule has 1 aliphatic heterocycles. The first-order valence-electron chi connectivity index (χ1n) is 13.6. The van der Waals surface area contributed by atoms with Gasteiger partial charge in [0, 0.05) is 6.42 Å². The van der Waals surface area contributed by atoms with E-state index in [1.165, 1.54) is 0 Å². The van der Waals surface area contributed by atoms with Crippen LogP contribution in [0.3, 0.4) is 0 Å². The lowest BCUT2D eigenvalue weighted by molar-refractivity contribution is -0.324. The van der Waals surface area contributed by atoms with E-state index in [1.807, 2.05) is 97.9 Å². The van der Waals surface area contributed by atoms with E-state index >= 15 is 0 Å². The average molecular weight is 567 g/mol. The Labute approximate surface area is 241 Å². The van der Waals surface area contributed by atoms with E-state index in [0.29, 0.717) is 26.2 Å². The first-order valence-corrected chi connectivity index (χ1v) is 14.0. The third-order valence-corrected chi connectivity index (χ3v) is 6.77. The molecular weight excluding hydrogens is 528 g/mol. The molecule has 3 aromatic carbocycles. The summed E-state index contributed by atoms with van der Waals surface area (Å²) >= 11 is 5.47. The zero-order valence-corrected chi connectivity index (χ0v) is 23.5. The summed E-state index contributed by atoms with van der Waals surface area (Å²) < 4.78 is 32.0. The Morgan fingerprint density at radius 3 is 1.62 bits per heavy atom. The standard InChI is InChI=1S/C32H38O7S/c1-23(40)17-28-29(35-19-24-11-5-2-6-12-24)30(36-20-25-13-7-3-8-14-25)31(32(39-28)38-22-27(34)18-33)37-21-26-15-9-4-10-16-26/h2-16,27-34H,17-22H2,1H3/t27?,28-,29-,30+,31-,32+/m1/s1. The highest BCUT2D eigenvalue weighted by atomic mass is 32.1. The number of benzene rings is 3. The molecule has 1 unspecified atom stereocenters. The van der Waals surface area contributed by atoms with Gasteiger partial charge in [-0.25, -0.2) is 0 Å². The van der Waals surface area contributed by atoms with E-state index < -0.39 is 43.4 Å². The van der Waals surface area contributed by atoms with Crippen LogP contribution in [0.1, 0.15) is 30.0 Å². The minimum atomic E-state index is -1.06. The van der Waals surface area contributed by atoms with Crippen LogP contribution in [0.2, 0.25) is 0 Å². The fourth-order valence-corrected chi connectivity index (χ4v) is 4.75. The van der Waals surface area contributed by atoms with Gasteiger partial charge in [-0.15, -0.1) is 0 Å². The van der Waals surface area contributed by atoms with Crippen LogP contribution in [0.4, 0.5) is 0 Å². The van der Waals surface area contributed by atoms with E-state index in [9.17, 15) is 10.2 Å². The summed E-state index contributed by atoms with van der Waals surface area (Å²) in [6.45, 7) is 2.29. The average Bonchev–Trinajstić information content (AvgIpc) is 2.98. The lowest BCUT2D eigenvalue weighted by Crippen LogP contribution is -2.61. The first kappa shape index (κ1) is 30.4. The predicted octanol–water partition coefficient (Wildman–Crippen LogP) is 4.62. The van der Waals surface area contributed by atoms with Gasteiger partial charge in [0.2, 0.25) is 0 Å². The largest absolute Gasteiger partial charge is 0.394 e. The number of thiocarbonyl (C=S) groups is 1. The molecule has 8 heteroatoms. The maximum absolute atomic E-state index is 10.0. The monoisotopic (exact) mass is 566 g/mol. The third kappa shape index (κ3) is 9.26. The molecule has 0 amide bonds. The highest BCUT2D eigenvalue weighted by Crippen LogP contribution is 2.32. The van der Waals surface area contributed by atoms with Crippen molar-refractivity contribution in [2.45, 2.75) is 70.0 Å². The molecule has 7 nitrogen and oxygen atoms in total. The molecule has 0 saturated carbocycles. The molecule has 214 valence electrons. The zero-order valence-electron chi connectivity index (χ0n) is 22.7. The van der Waals surface area contributed by atoms with Crippen LogP contribution in [0.25, 0.3) is 0 Å². The number of rotatable bonds is 15. The Kier molecular flexibility index (Phi) is 12.2. The van der Waals surface area contributed by atoms with Gasteiger partial charge in [-0.05, 0) is 28.5 Å². The van der Waals surface area contributed by atoms with Crippen molar-refractivity contribution in [1.29, 1.82) is 0 Å². The highest BCUT2D eigenvalue weighted by molar-refractivity contribution is 7.80. The van der Waals surface area contributed by atoms with E-state index in [-0.39, 0.29) is 6.61 Å². The SMILES string of the molecule is CC(=S)C[C@H]1O[C@H](OCC(O)CO)[C@H](OCc2ccccc2)[C@@H](OCc2ccccc2)[C@@H]1OCc1ccccc1. The molecule has 1 aliphatic rings. The van der Waals surface area contributed by atoms with Crippen molar-refractivity contribution < 1.29 is 33.9 Å². The normalized spacial score (nSPS) is 23.5. The van der Waals surface area contributed by atoms with Crippen molar-refractivity contribution in [3.8, 4) is 0 Å². The van der Waals surface area contributed by atoms with Crippen LogP contribution in [0, 0.1) is 0 Å². The van der Waals surface area contributed by atoms with Crippen LogP contribution < -0.4 is 0 Å². The van der Waals surface area contributed by atoms with Crippen molar-refractivity contribution in [3.05, 3.63) is 108 Å². The summed E-state index contributed by atoms with van der Waals surface area (Å²) in [5, 5.41) is 19.4. The second-order valence-corrected chi connectivity index (χ2v) is 10.6. The van der Waals surface area contributed by atoms with Gasteiger partial charge in [-0.2, -0.15) is 0 Å². The van der Waals surface area contributed by atoms with E-state index in [1.54, 1.807) is 0 Å². The Balaban J connectivity index is 1.64. The Morgan fingerprint density at radius 1 is 0.725 bits per heavy atom. The molecule has 6 atom stereocenters. The maximum atomic E-state index is 10.0. The van der Waals surface area contributed by atoms with E-state index in [4.69, 9.17) is 35.9 Å². The number of hydrogen-bond acceptors (Lipinski definition) is 8. The van der Waals surface area contributed by atoms with Gasteiger partial charge in [0.25, 0.3) is 0 Å². The Bertz CT molecular complexity index is 1130. The smallest absolute Gasteiger partial charge is 0.186 e. The molecule has 4 rings (SSSR count). The van der Waals surface area contributed by atoms with Crippen LogP contribution in [0.5, 0.6) is 0 Å². The number of ether oxygens (including phenoxy) is 5. The van der Waals surface area contributed by atoms with Crippen LogP contribution in [-0.4, -0.2) is 65.1 Å². The Morgan fingerprint density at radius 2 is 1.18 bits per heavy atom. The van der Waals surface area contributed by atoms with Crippen LogP contribution in [-0.2, 0) is 43.5 Å². The molecule has 2 N–H and O–H groups in total. The van der Waals surface area contributed by atoms with Gasteiger partial charge in [-0.3, -0.25) is 0 Å². The second-order valence-electron chi connectivity index (χ2n) is 9.90. The molecule has 3 aromatic rings. The first-order chi connectivity index (χ1) is 19.5. The molecule has 0 bridgehead atoms. The van der Waals surface area contributed by atoms with Gasteiger partial charge >= 0.3 is 0 Å². The Hall–Kier alpha value is -2.53. The van der Waals surface area contributed by atoms with Crippen LogP contribution >= 0.6 is 12.2 Å². The summed E-state index contributed by atoms with van der Waals surface area (Å²) in [5.74, 6) is 0. The van der Waals surface area contributed by atoms with Crippen molar-refractivity contribution in [1.82, 2.24) is 0 Å². The fourth-order valence-electron chi connectivity index (χ4n) is 4.59. The molecule has 0 radical (unpaired) electrons. The summed E-state index contributed by atoms with van der Waals surface area (Å²) in [4.78, 5) is 0.762. The molecule has 1 fully saturated rings. The van der Waals surface area contributed by atoms with Gasteiger partial charge < -0.3 is 33.9 Å². The minimum absolute atomic E-state index is 0.128. The highest BCUT2D eigenvalue weighted by Gasteiger charge is 2.49. The third-order valence-electron chi connectivity index (χ3n) is 6.60. The van der Waals surface area contributed by atoms with Gasteiger partial charge in [0.15, 0.2) is 6.29 Å². The summed E-state index contributed by atoms with van der Waals surface area (Å²) in [6, 6.07) is 29.7. The van der Waals surface area contributed by atoms with Crippen molar-refractivity contribution in [2.24, 2.45) is 0 Å². The molecule has 1 saturated heterocycles. The molecular formula is C32H38O7S. The van der Waals surface area contributed by atoms with Gasteiger partial charge in [0.1, 0.15) is 24.4 Å². The molecule has 0 spiro atoms. The van der Waals surface area contributed by atoms with Crippen molar-refractivity contribution in [2.75, 3.05) is 13.2 Å². The number of aliphatic hydroxyl groups excluding tert-OH is 2. The maximum Gasteiger partial charge on any atom is 0.186 e. The lowest BCUT2D eigenvalue weighted by atomic mass is 9.94. The summed E-state index contributed by atoms with van der Waals surface area (Å²) in [6.07, 6.45) is -3.77. The number of hydrogen-bond donors (Lipinski definition) is 2. The minimum Gasteiger partial charge on any atom is -0.394 e. The number of aliphatic hydroxyl groups is 2. The topological polar surface area (TPSA) is 86.6 Å². The second kappa shape index (κ2) is 16.0.